The number of aldehydes is 1. The van der Waals surface area contributed by atoms with Gasteiger partial charge in [0.1, 0.15) is 11.6 Å². The molecule has 0 heterocycles. The van der Waals surface area contributed by atoms with Gasteiger partial charge in [0.25, 0.3) is 0 Å². The molecular formula is C4H2ClNO. The Morgan fingerprint density at radius 1 is 1.86 bits per heavy atom. The molecule has 0 fully saturated rings. The summed E-state index contributed by atoms with van der Waals surface area (Å²) in [6, 6.07) is 1.56. The largest absolute Gasteiger partial charge is 0.297 e. The summed E-state index contributed by atoms with van der Waals surface area (Å²) in [5, 5.41) is 7.89. The van der Waals surface area contributed by atoms with Crippen LogP contribution in [0.3, 0.4) is 0 Å². The summed E-state index contributed by atoms with van der Waals surface area (Å²) in [7, 11) is 0. The summed E-state index contributed by atoms with van der Waals surface area (Å²) in [6.07, 6.45) is 0.396. The van der Waals surface area contributed by atoms with Gasteiger partial charge < -0.3 is 0 Å². The molecule has 0 aliphatic carbocycles. The maximum absolute atomic E-state index is 9.59. The van der Waals surface area contributed by atoms with Crippen LogP contribution < -0.4 is 0 Å². The molecule has 0 aromatic carbocycles. The van der Waals surface area contributed by atoms with Gasteiger partial charge in [-0.25, -0.2) is 0 Å². The summed E-state index contributed by atoms with van der Waals surface area (Å²) in [6.45, 7) is 0. The van der Waals surface area contributed by atoms with E-state index in [9.17, 15) is 4.79 Å². The fourth-order valence-electron chi connectivity index (χ4n) is 0.0765. The lowest BCUT2D eigenvalue weighted by Crippen LogP contribution is -1.72. The van der Waals surface area contributed by atoms with E-state index >= 15 is 0 Å². The van der Waals surface area contributed by atoms with Gasteiger partial charge in [0.05, 0.1) is 0 Å². The Kier molecular flexibility index (Phi) is 2.99. The molecule has 2 nitrogen and oxygen atoms in total. The van der Waals surface area contributed by atoms with Gasteiger partial charge in [0, 0.05) is 5.54 Å². The Labute approximate surface area is 46.0 Å². The van der Waals surface area contributed by atoms with Crippen molar-refractivity contribution in [2.45, 2.75) is 0 Å². The van der Waals surface area contributed by atoms with Crippen LogP contribution >= 0.6 is 11.6 Å². The van der Waals surface area contributed by atoms with Crippen LogP contribution in [0.25, 0.3) is 0 Å². The highest BCUT2D eigenvalue weighted by Gasteiger charge is 1.83. The number of nitrogens with zero attached hydrogens (tertiary/aromatic N) is 1. The maximum atomic E-state index is 9.59. The zero-order valence-corrected chi connectivity index (χ0v) is 4.14. The van der Waals surface area contributed by atoms with Crippen molar-refractivity contribution in [1.82, 2.24) is 0 Å². The number of rotatable bonds is 1. The van der Waals surface area contributed by atoms with E-state index < -0.39 is 0 Å². The highest BCUT2D eigenvalue weighted by atomic mass is 35.5. The zero-order valence-electron chi connectivity index (χ0n) is 3.39. The van der Waals surface area contributed by atoms with Gasteiger partial charge in [-0.05, 0) is 0 Å². The number of nitriles is 1. The number of carbonyl (C=O) groups is 1. The van der Waals surface area contributed by atoms with Crippen molar-refractivity contribution in [3.63, 3.8) is 0 Å². The molecule has 0 unspecified atom stereocenters. The van der Waals surface area contributed by atoms with Crippen molar-refractivity contribution >= 4 is 17.9 Å². The van der Waals surface area contributed by atoms with Crippen LogP contribution in [0.1, 0.15) is 0 Å². The van der Waals surface area contributed by atoms with Crippen LogP contribution in [0.15, 0.2) is 11.1 Å². The van der Waals surface area contributed by atoms with Crippen molar-refractivity contribution in [2.24, 2.45) is 0 Å². The van der Waals surface area contributed by atoms with E-state index in [-0.39, 0.29) is 5.57 Å². The Morgan fingerprint density at radius 3 is 2.43 bits per heavy atom. The highest BCUT2D eigenvalue weighted by Crippen LogP contribution is 1.87. The number of carbonyl (C=O) groups excluding carboxylic acids is 1. The minimum atomic E-state index is -0.0540. The summed E-state index contributed by atoms with van der Waals surface area (Å²) >= 11 is 4.95. The van der Waals surface area contributed by atoms with Gasteiger partial charge >= 0.3 is 0 Å². The molecule has 0 aromatic rings. The fourth-order valence-corrected chi connectivity index (χ4v) is 0.177. The van der Waals surface area contributed by atoms with E-state index in [1.165, 1.54) is 0 Å². The molecule has 0 N–H and O–H groups in total. The summed E-state index contributed by atoms with van der Waals surface area (Å²) in [4.78, 5) is 9.59. The Balaban J connectivity index is 3.94. The third-order valence-corrected chi connectivity index (χ3v) is 0.609. The molecule has 0 radical (unpaired) electrons. The van der Waals surface area contributed by atoms with Crippen LogP contribution in [0.5, 0.6) is 0 Å². The van der Waals surface area contributed by atoms with E-state index in [0.29, 0.717) is 6.29 Å². The third kappa shape index (κ3) is 1.96. The van der Waals surface area contributed by atoms with Gasteiger partial charge in [0.15, 0.2) is 6.29 Å². The molecule has 0 spiro atoms. The summed E-state index contributed by atoms with van der Waals surface area (Å²) in [5.74, 6) is 0. The van der Waals surface area contributed by atoms with Gasteiger partial charge in [-0.1, -0.05) is 11.6 Å². The Hall–Kier alpha value is -0.810. The summed E-state index contributed by atoms with van der Waals surface area (Å²) < 4.78 is 0. The topological polar surface area (TPSA) is 40.9 Å². The lowest BCUT2D eigenvalue weighted by molar-refractivity contribution is -0.104. The second-order valence-corrected chi connectivity index (χ2v) is 1.01. The first-order valence-electron chi connectivity index (χ1n) is 1.50. The average molecular weight is 116 g/mol. The zero-order chi connectivity index (χ0) is 5.70. The molecule has 7 heavy (non-hydrogen) atoms. The molecule has 0 rings (SSSR count). The molecule has 3 heteroatoms. The van der Waals surface area contributed by atoms with Crippen LogP contribution in [0, 0.1) is 11.3 Å². The van der Waals surface area contributed by atoms with E-state index in [1.54, 1.807) is 6.07 Å². The predicted molar refractivity (Wildman–Crippen MR) is 25.6 cm³/mol. The lowest BCUT2D eigenvalue weighted by Gasteiger charge is -1.68. The molecule has 36 valence electrons. The number of allylic oxidation sites excluding steroid dienone is 1. The molecule has 0 aliphatic heterocycles. The minimum absolute atomic E-state index is 0.0540. The third-order valence-electron chi connectivity index (χ3n) is 0.374. The molecule has 0 saturated heterocycles. The predicted octanol–water partition coefficient (Wildman–Crippen LogP) is 0.832. The van der Waals surface area contributed by atoms with Crippen LogP contribution in [-0.2, 0) is 4.79 Å². The molecule has 0 aromatic heterocycles. The number of halogens is 1. The minimum Gasteiger partial charge on any atom is -0.297 e. The summed E-state index contributed by atoms with van der Waals surface area (Å²) in [5.41, 5.74) is 0.883. The van der Waals surface area contributed by atoms with E-state index in [0.717, 1.165) is 5.54 Å². The van der Waals surface area contributed by atoms with E-state index in [2.05, 4.69) is 0 Å². The van der Waals surface area contributed by atoms with Gasteiger partial charge in [0.2, 0.25) is 0 Å². The van der Waals surface area contributed by atoms with Gasteiger partial charge in [-0.2, -0.15) is 5.26 Å². The quantitative estimate of drug-likeness (QED) is 0.289. The SMILES string of the molecule is N#C/C(C=O)=C\Cl. The second-order valence-electron chi connectivity index (χ2n) is 0.794. The smallest absolute Gasteiger partial charge is 0.161 e. The standard InChI is InChI=1S/C4H2ClNO/c5-1-4(2-6)3-7/h1,3H/b4-1+. The highest BCUT2D eigenvalue weighted by molar-refractivity contribution is 6.27. The second kappa shape index (κ2) is 3.38. The normalized spacial score (nSPS) is 10.0. The monoisotopic (exact) mass is 115 g/mol. The number of hydrogen-bond donors (Lipinski definition) is 0. The molecule has 0 atom stereocenters. The molecule has 0 saturated carbocycles. The first-order valence-corrected chi connectivity index (χ1v) is 1.94. The van der Waals surface area contributed by atoms with E-state index in [1.807, 2.05) is 0 Å². The van der Waals surface area contributed by atoms with Crippen LogP contribution in [0.2, 0.25) is 0 Å². The van der Waals surface area contributed by atoms with Crippen LogP contribution in [-0.4, -0.2) is 6.29 Å². The fraction of sp³-hybridized carbons (Fsp3) is 0. The average Bonchev–Trinajstić information content (AvgIpc) is 1.72. The lowest BCUT2D eigenvalue weighted by atomic mass is 10.4. The van der Waals surface area contributed by atoms with Crippen molar-refractivity contribution in [1.29, 1.82) is 5.26 Å². The first-order chi connectivity index (χ1) is 3.35. The van der Waals surface area contributed by atoms with Gasteiger partial charge in [-0.3, -0.25) is 4.79 Å². The molecule has 0 aliphatic rings. The first kappa shape index (κ1) is 6.19. The van der Waals surface area contributed by atoms with Crippen molar-refractivity contribution in [3.05, 3.63) is 11.1 Å². The van der Waals surface area contributed by atoms with E-state index in [4.69, 9.17) is 16.9 Å². The molecular weight excluding hydrogens is 114 g/mol. The number of hydrogen-bond acceptors (Lipinski definition) is 2. The van der Waals surface area contributed by atoms with Crippen molar-refractivity contribution in [2.75, 3.05) is 0 Å². The van der Waals surface area contributed by atoms with Crippen LogP contribution in [0.4, 0.5) is 0 Å². The van der Waals surface area contributed by atoms with Crippen molar-refractivity contribution in [3.8, 4) is 6.07 Å². The molecule has 0 amide bonds. The van der Waals surface area contributed by atoms with Crippen molar-refractivity contribution < 1.29 is 4.79 Å². The maximum Gasteiger partial charge on any atom is 0.161 e. The Morgan fingerprint density at radius 2 is 2.43 bits per heavy atom. The molecule has 0 bridgehead atoms. The van der Waals surface area contributed by atoms with Gasteiger partial charge in [-0.15, -0.1) is 0 Å². The Bertz CT molecular complexity index is 133.